The number of halogens is 1. The van der Waals surface area contributed by atoms with Crippen LogP contribution in [0.5, 0.6) is 0 Å². The predicted molar refractivity (Wildman–Crippen MR) is 168 cm³/mol. The van der Waals surface area contributed by atoms with Crippen molar-refractivity contribution in [3.63, 3.8) is 0 Å². The van der Waals surface area contributed by atoms with Crippen molar-refractivity contribution < 1.29 is 19.1 Å². The molecule has 2 aromatic carbocycles. The number of amides is 2. The molecule has 0 bridgehead atoms. The van der Waals surface area contributed by atoms with Crippen LogP contribution in [-0.2, 0) is 35.0 Å². The number of aromatic nitrogens is 4. The van der Waals surface area contributed by atoms with Gasteiger partial charge in [0.2, 0.25) is 11.9 Å². The van der Waals surface area contributed by atoms with Gasteiger partial charge in [0.1, 0.15) is 0 Å². The lowest BCUT2D eigenvalue weighted by Crippen LogP contribution is -2.53. The molecule has 2 saturated heterocycles. The van der Waals surface area contributed by atoms with E-state index in [2.05, 4.69) is 0 Å². The largest absolute Gasteiger partial charge is 0.462 e. The molecule has 4 aromatic rings. The average molecular weight is 634 g/mol. The fourth-order valence-corrected chi connectivity index (χ4v) is 6.09. The minimum absolute atomic E-state index is 0.0473. The first kappa shape index (κ1) is 30.3. The second kappa shape index (κ2) is 12.0. The van der Waals surface area contributed by atoms with Crippen LogP contribution in [0, 0.1) is 0 Å². The van der Waals surface area contributed by atoms with Crippen LogP contribution in [0.15, 0.2) is 58.1 Å². The Morgan fingerprint density at radius 1 is 0.933 bits per heavy atom. The predicted octanol–water partition coefficient (Wildman–Crippen LogP) is 1.77. The SMILES string of the molecule is CCOC(=O)c1ccc(N2C(=O)CC(N3CCN(c4nc5c(c(=O)n(C)c(=O)n5C)n4Cc4ccc(Cl)cc4)CC3)C2=O)cc1. The Hall–Kier alpha value is -4.75. The number of nitrogens with zero attached hydrogens (tertiary/aromatic N) is 7. The molecule has 14 heteroatoms. The molecule has 0 spiro atoms. The van der Waals surface area contributed by atoms with Crippen LogP contribution in [0.1, 0.15) is 29.3 Å². The molecule has 1 unspecified atom stereocenters. The number of fused-ring (bicyclic) bond motifs is 1. The Bertz CT molecular complexity index is 1920. The van der Waals surface area contributed by atoms with Crippen molar-refractivity contribution in [3.8, 4) is 0 Å². The van der Waals surface area contributed by atoms with Gasteiger partial charge >= 0.3 is 11.7 Å². The van der Waals surface area contributed by atoms with E-state index < -0.39 is 23.3 Å². The smallest absolute Gasteiger partial charge is 0.338 e. The van der Waals surface area contributed by atoms with Gasteiger partial charge in [-0.2, -0.15) is 4.98 Å². The second-order valence-electron chi connectivity index (χ2n) is 11.1. The number of benzene rings is 2. The maximum Gasteiger partial charge on any atom is 0.338 e. The van der Waals surface area contributed by atoms with Crippen molar-refractivity contribution in [3.05, 3.63) is 85.5 Å². The van der Waals surface area contributed by atoms with Gasteiger partial charge in [0, 0.05) is 45.3 Å². The van der Waals surface area contributed by atoms with Gasteiger partial charge in [-0.3, -0.25) is 33.0 Å². The Kier molecular flexibility index (Phi) is 8.06. The molecular weight excluding hydrogens is 602 g/mol. The third-order valence-electron chi connectivity index (χ3n) is 8.38. The molecule has 2 amide bonds. The number of carbonyl (C=O) groups is 3. The topological polar surface area (TPSA) is 132 Å². The zero-order valence-corrected chi connectivity index (χ0v) is 25.9. The van der Waals surface area contributed by atoms with Crippen molar-refractivity contribution in [2.45, 2.75) is 25.9 Å². The minimum Gasteiger partial charge on any atom is -0.462 e. The van der Waals surface area contributed by atoms with Gasteiger partial charge in [-0.1, -0.05) is 23.7 Å². The maximum absolute atomic E-state index is 13.5. The van der Waals surface area contributed by atoms with Crippen molar-refractivity contribution >= 4 is 52.2 Å². The fourth-order valence-electron chi connectivity index (χ4n) is 5.97. The summed E-state index contributed by atoms with van der Waals surface area (Å²) < 4.78 is 9.27. The summed E-state index contributed by atoms with van der Waals surface area (Å²) in [6.45, 7) is 4.19. The molecule has 2 aromatic heterocycles. The summed E-state index contributed by atoms with van der Waals surface area (Å²) in [4.78, 5) is 74.5. The summed E-state index contributed by atoms with van der Waals surface area (Å²) in [5.41, 5.74) is 1.34. The summed E-state index contributed by atoms with van der Waals surface area (Å²) in [6, 6.07) is 12.9. The summed E-state index contributed by atoms with van der Waals surface area (Å²) in [5.74, 6) is -0.554. The first-order chi connectivity index (χ1) is 21.6. The normalized spacial score (nSPS) is 17.5. The molecule has 0 saturated carbocycles. The Morgan fingerprint density at radius 2 is 1.60 bits per heavy atom. The Labute approximate surface area is 262 Å². The van der Waals surface area contributed by atoms with E-state index in [0.717, 1.165) is 10.1 Å². The molecule has 13 nitrogen and oxygen atoms in total. The highest BCUT2D eigenvalue weighted by molar-refractivity contribution is 6.30. The number of hydrogen-bond donors (Lipinski definition) is 0. The summed E-state index contributed by atoms with van der Waals surface area (Å²) >= 11 is 6.10. The number of hydrogen-bond acceptors (Lipinski definition) is 9. The summed E-state index contributed by atoms with van der Waals surface area (Å²) in [6.07, 6.45) is 0.0473. The number of anilines is 2. The third kappa shape index (κ3) is 5.42. The van der Waals surface area contributed by atoms with Gasteiger partial charge in [0.25, 0.3) is 11.5 Å². The lowest BCUT2D eigenvalue weighted by Gasteiger charge is -2.37. The number of carbonyl (C=O) groups excluding carboxylic acids is 3. The average Bonchev–Trinajstić information content (AvgIpc) is 3.56. The van der Waals surface area contributed by atoms with Crippen molar-refractivity contribution in [2.24, 2.45) is 14.1 Å². The van der Waals surface area contributed by atoms with Crippen LogP contribution in [0.25, 0.3) is 11.2 Å². The van der Waals surface area contributed by atoms with E-state index in [1.807, 2.05) is 26.5 Å². The van der Waals surface area contributed by atoms with E-state index in [9.17, 15) is 24.0 Å². The quantitative estimate of drug-likeness (QED) is 0.221. The highest BCUT2D eigenvalue weighted by Gasteiger charge is 2.43. The van der Waals surface area contributed by atoms with Crippen LogP contribution in [0.2, 0.25) is 5.02 Å². The number of imidazole rings is 1. The van der Waals surface area contributed by atoms with E-state index in [1.54, 1.807) is 50.4 Å². The van der Waals surface area contributed by atoms with E-state index >= 15 is 0 Å². The molecule has 4 heterocycles. The Balaban J connectivity index is 1.23. The molecule has 45 heavy (non-hydrogen) atoms. The van der Waals surface area contributed by atoms with E-state index in [1.165, 1.54) is 16.5 Å². The lowest BCUT2D eigenvalue weighted by molar-refractivity contribution is -0.123. The van der Waals surface area contributed by atoms with Gasteiger partial charge in [-0.25, -0.2) is 14.5 Å². The van der Waals surface area contributed by atoms with Crippen molar-refractivity contribution in [1.82, 2.24) is 23.6 Å². The minimum atomic E-state index is -0.620. The molecule has 234 valence electrons. The fraction of sp³-hybridized carbons (Fsp3) is 0.355. The van der Waals surface area contributed by atoms with Crippen molar-refractivity contribution in [2.75, 3.05) is 42.6 Å². The molecule has 6 rings (SSSR count). The van der Waals surface area contributed by atoms with Gasteiger partial charge in [-0.15, -0.1) is 0 Å². The van der Waals surface area contributed by atoms with Crippen molar-refractivity contribution in [1.29, 1.82) is 0 Å². The molecule has 1 atom stereocenters. The molecule has 0 aliphatic carbocycles. The first-order valence-electron chi connectivity index (χ1n) is 14.6. The number of piperazine rings is 1. The molecule has 0 radical (unpaired) electrons. The summed E-state index contributed by atoms with van der Waals surface area (Å²) in [5, 5.41) is 0.594. The second-order valence-corrected chi connectivity index (χ2v) is 11.5. The van der Waals surface area contributed by atoms with Crippen LogP contribution >= 0.6 is 11.6 Å². The number of imide groups is 1. The highest BCUT2D eigenvalue weighted by Crippen LogP contribution is 2.28. The standard InChI is InChI=1S/C31H32ClN7O6/c1-4-45-29(43)20-7-11-22(12-8-20)39-24(40)17-23(27(39)41)36-13-15-37(16-14-36)30-33-26-25(28(42)35(3)31(44)34(26)2)38(30)18-19-5-9-21(32)10-6-19/h5-12,23H,4,13-18H2,1-3H3. The number of esters is 1. The highest BCUT2D eigenvalue weighted by atomic mass is 35.5. The zero-order chi connectivity index (χ0) is 32.0. The zero-order valence-electron chi connectivity index (χ0n) is 25.1. The van der Waals surface area contributed by atoms with Gasteiger partial charge in [0.05, 0.1) is 36.9 Å². The van der Waals surface area contributed by atoms with Gasteiger partial charge in [-0.05, 0) is 48.9 Å². The van der Waals surface area contributed by atoms with Gasteiger partial charge < -0.3 is 9.64 Å². The molecule has 2 aliphatic rings. The Morgan fingerprint density at radius 3 is 2.24 bits per heavy atom. The van der Waals surface area contributed by atoms with Gasteiger partial charge in [0.15, 0.2) is 11.2 Å². The van der Waals surface area contributed by atoms with E-state index in [-0.39, 0.29) is 30.5 Å². The first-order valence-corrected chi connectivity index (χ1v) is 15.0. The van der Waals surface area contributed by atoms with Crippen LogP contribution in [0.3, 0.4) is 0 Å². The third-order valence-corrected chi connectivity index (χ3v) is 8.63. The van der Waals surface area contributed by atoms with E-state index in [4.69, 9.17) is 21.3 Å². The summed E-state index contributed by atoms with van der Waals surface area (Å²) in [7, 11) is 3.03. The van der Waals surface area contributed by atoms with Crippen LogP contribution < -0.4 is 21.0 Å². The molecular formula is C31H32ClN7O6. The number of rotatable bonds is 7. The number of ether oxygens (including phenoxy) is 1. The molecule has 2 fully saturated rings. The van der Waals surface area contributed by atoms with Crippen LogP contribution in [-0.4, -0.2) is 80.2 Å². The monoisotopic (exact) mass is 633 g/mol. The molecule has 2 aliphatic heterocycles. The lowest BCUT2D eigenvalue weighted by atomic mass is 10.1. The molecule has 0 N–H and O–H groups in total. The number of aryl methyl sites for hydroxylation is 1. The maximum atomic E-state index is 13.5. The van der Waals surface area contributed by atoms with Crippen LogP contribution in [0.4, 0.5) is 11.6 Å². The van der Waals surface area contributed by atoms with E-state index in [0.29, 0.717) is 60.5 Å².